The Hall–Kier alpha value is -2.48. The molecule has 7 nitrogen and oxygen atoms in total. The predicted molar refractivity (Wildman–Crippen MR) is 100 cm³/mol. The van der Waals surface area contributed by atoms with Gasteiger partial charge in [-0.05, 0) is 44.5 Å². The summed E-state index contributed by atoms with van der Waals surface area (Å²) >= 11 is 1.46. The molecule has 0 saturated carbocycles. The summed E-state index contributed by atoms with van der Waals surface area (Å²) in [5, 5.41) is 15.9. The second-order valence-corrected chi connectivity index (χ2v) is 6.81. The molecular weight excluding hydrogens is 336 g/mol. The maximum atomic E-state index is 12.2. The molecule has 0 fully saturated rings. The molecule has 0 radical (unpaired) electrons. The normalized spacial score (nSPS) is 11.0. The number of carbonyl (C=O) groups excluding carboxylic acids is 1. The lowest BCUT2D eigenvalue weighted by molar-refractivity contribution is -0.116. The number of nitrogens with zero attached hydrogens (tertiary/aromatic N) is 5. The Morgan fingerprint density at radius 1 is 1.32 bits per heavy atom. The predicted octanol–water partition coefficient (Wildman–Crippen LogP) is 2.91. The van der Waals surface area contributed by atoms with Crippen molar-refractivity contribution in [2.24, 2.45) is 0 Å². The Morgan fingerprint density at radius 3 is 2.80 bits per heavy atom. The van der Waals surface area contributed by atoms with Crippen LogP contribution in [-0.2, 0) is 11.2 Å². The van der Waals surface area contributed by atoms with Crippen LogP contribution >= 0.6 is 11.3 Å². The molecule has 0 spiro atoms. The fraction of sp³-hybridized carbons (Fsp3) is 0.412. The van der Waals surface area contributed by atoms with Crippen molar-refractivity contribution in [2.45, 2.75) is 33.6 Å². The zero-order chi connectivity index (χ0) is 17.8. The number of fused-ring (bicyclic) bond motifs is 1. The molecule has 2 aromatic heterocycles. The van der Waals surface area contributed by atoms with E-state index < -0.39 is 0 Å². The molecule has 1 amide bonds. The van der Waals surface area contributed by atoms with Crippen LogP contribution in [0, 0.1) is 6.92 Å². The highest BCUT2D eigenvalue weighted by Crippen LogP contribution is 2.23. The molecule has 0 atom stereocenters. The van der Waals surface area contributed by atoms with Gasteiger partial charge in [0, 0.05) is 37.3 Å². The Morgan fingerprint density at radius 2 is 2.12 bits per heavy atom. The van der Waals surface area contributed by atoms with Crippen LogP contribution in [0.3, 0.4) is 0 Å². The summed E-state index contributed by atoms with van der Waals surface area (Å²) in [6.45, 7) is 8.23. The minimum Gasteiger partial charge on any atom is -0.372 e. The van der Waals surface area contributed by atoms with Gasteiger partial charge in [0.1, 0.15) is 11.3 Å². The number of amides is 1. The maximum absolute atomic E-state index is 12.2. The largest absolute Gasteiger partial charge is 0.372 e. The third kappa shape index (κ3) is 3.96. The zero-order valence-corrected chi connectivity index (χ0v) is 15.5. The SMILES string of the molecule is CCN(CC)c1ccc(NC(=O)CCc2nn3cnnc3s2)c(C)c1. The van der Waals surface area contributed by atoms with Crippen LogP contribution in [0.4, 0.5) is 11.4 Å². The highest BCUT2D eigenvalue weighted by atomic mass is 32.1. The number of nitrogens with one attached hydrogen (secondary N) is 1. The number of hydrogen-bond acceptors (Lipinski definition) is 6. The maximum Gasteiger partial charge on any atom is 0.234 e. The quantitative estimate of drug-likeness (QED) is 0.703. The molecule has 1 aromatic carbocycles. The van der Waals surface area contributed by atoms with Gasteiger partial charge in [-0.2, -0.15) is 9.61 Å². The number of aromatic nitrogens is 4. The van der Waals surface area contributed by atoms with Gasteiger partial charge < -0.3 is 10.2 Å². The van der Waals surface area contributed by atoms with Crippen molar-refractivity contribution in [2.75, 3.05) is 23.3 Å². The Bertz CT molecular complexity index is 839. The van der Waals surface area contributed by atoms with E-state index in [1.807, 2.05) is 13.0 Å². The third-order valence-corrected chi connectivity index (χ3v) is 5.08. The molecule has 25 heavy (non-hydrogen) atoms. The smallest absolute Gasteiger partial charge is 0.234 e. The molecular formula is C17H22N6OS. The average Bonchev–Trinajstić information content (AvgIpc) is 3.18. The standard InChI is InChI=1S/C17H22N6OS/c1-4-22(5-2)13-6-7-14(12(3)10-13)19-15(24)8-9-16-21-23-11-18-20-17(23)25-16/h6-7,10-11H,4-5,8-9H2,1-3H3,(H,19,24). The Kier molecular flexibility index (Phi) is 5.28. The van der Waals surface area contributed by atoms with Crippen LogP contribution in [0.2, 0.25) is 0 Å². The highest BCUT2D eigenvalue weighted by Gasteiger charge is 2.10. The van der Waals surface area contributed by atoms with E-state index in [1.165, 1.54) is 17.0 Å². The van der Waals surface area contributed by atoms with Gasteiger partial charge in [-0.3, -0.25) is 4.79 Å². The molecule has 3 rings (SSSR count). The molecule has 8 heteroatoms. The number of hydrogen-bond donors (Lipinski definition) is 1. The van der Waals surface area contributed by atoms with Gasteiger partial charge in [-0.25, -0.2) is 0 Å². The zero-order valence-electron chi connectivity index (χ0n) is 14.7. The average molecular weight is 358 g/mol. The molecule has 0 bridgehead atoms. The molecule has 0 aliphatic carbocycles. The van der Waals surface area contributed by atoms with E-state index in [0.717, 1.165) is 34.3 Å². The van der Waals surface area contributed by atoms with Crippen LogP contribution in [0.1, 0.15) is 30.8 Å². The Balaban J connectivity index is 1.59. The van der Waals surface area contributed by atoms with E-state index in [0.29, 0.717) is 12.8 Å². The lowest BCUT2D eigenvalue weighted by atomic mass is 10.1. The van der Waals surface area contributed by atoms with Crippen LogP contribution in [0.5, 0.6) is 0 Å². The van der Waals surface area contributed by atoms with Crippen LogP contribution < -0.4 is 10.2 Å². The van der Waals surface area contributed by atoms with Crippen LogP contribution in [-0.4, -0.2) is 38.8 Å². The second-order valence-electron chi connectivity index (χ2n) is 5.77. The summed E-state index contributed by atoms with van der Waals surface area (Å²) in [5.74, 6) is -0.00958. The summed E-state index contributed by atoms with van der Waals surface area (Å²) in [4.78, 5) is 15.3. The van der Waals surface area contributed by atoms with E-state index in [2.05, 4.69) is 51.5 Å². The van der Waals surface area contributed by atoms with E-state index in [4.69, 9.17) is 0 Å². The molecule has 1 N–H and O–H groups in total. The molecule has 2 heterocycles. The lowest BCUT2D eigenvalue weighted by Gasteiger charge is -2.22. The first-order valence-corrected chi connectivity index (χ1v) is 9.23. The number of anilines is 2. The second kappa shape index (κ2) is 7.60. The highest BCUT2D eigenvalue weighted by molar-refractivity contribution is 7.16. The van der Waals surface area contributed by atoms with Gasteiger partial charge in [0.2, 0.25) is 10.9 Å². The third-order valence-electron chi connectivity index (χ3n) is 4.11. The Labute approximate surface area is 150 Å². The fourth-order valence-corrected chi connectivity index (χ4v) is 3.52. The molecule has 0 saturated heterocycles. The van der Waals surface area contributed by atoms with Gasteiger partial charge in [0.05, 0.1) is 0 Å². The minimum atomic E-state index is -0.00958. The van der Waals surface area contributed by atoms with Crippen molar-refractivity contribution in [1.29, 1.82) is 0 Å². The van der Waals surface area contributed by atoms with Crippen LogP contribution in [0.15, 0.2) is 24.5 Å². The number of benzene rings is 1. The van der Waals surface area contributed by atoms with Gasteiger partial charge in [-0.15, -0.1) is 10.2 Å². The summed E-state index contributed by atoms with van der Waals surface area (Å²) in [7, 11) is 0. The molecule has 0 aliphatic heterocycles. The molecule has 3 aromatic rings. The first kappa shape index (κ1) is 17.3. The van der Waals surface area contributed by atoms with Gasteiger partial charge in [0.25, 0.3) is 0 Å². The van der Waals surface area contributed by atoms with Crippen LogP contribution in [0.25, 0.3) is 4.96 Å². The van der Waals surface area contributed by atoms with Crippen molar-refractivity contribution in [3.05, 3.63) is 35.1 Å². The monoisotopic (exact) mass is 358 g/mol. The van der Waals surface area contributed by atoms with Crippen molar-refractivity contribution in [3.8, 4) is 0 Å². The van der Waals surface area contributed by atoms with E-state index in [9.17, 15) is 4.79 Å². The number of carbonyl (C=O) groups is 1. The fourth-order valence-electron chi connectivity index (χ4n) is 2.71. The van der Waals surface area contributed by atoms with Crippen molar-refractivity contribution < 1.29 is 4.79 Å². The first-order chi connectivity index (χ1) is 12.1. The topological polar surface area (TPSA) is 75.4 Å². The summed E-state index contributed by atoms with van der Waals surface area (Å²) in [6, 6.07) is 6.15. The number of rotatable bonds is 7. The molecule has 0 aliphatic rings. The first-order valence-electron chi connectivity index (χ1n) is 8.42. The summed E-state index contributed by atoms with van der Waals surface area (Å²) < 4.78 is 1.63. The van der Waals surface area contributed by atoms with E-state index in [1.54, 1.807) is 10.8 Å². The lowest BCUT2D eigenvalue weighted by Crippen LogP contribution is -2.22. The van der Waals surface area contributed by atoms with Gasteiger partial charge in [-0.1, -0.05) is 11.3 Å². The van der Waals surface area contributed by atoms with Gasteiger partial charge in [0.15, 0.2) is 0 Å². The minimum absolute atomic E-state index is 0.00958. The van der Waals surface area contributed by atoms with E-state index >= 15 is 0 Å². The van der Waals surface area contributed by atoms with Gasteiger partial charge >= 0.3 is 0 Å². The summed E-state index contributed by atoms with van der Waals surface area (Å²) in [5.41, 5.74) is 3.11. The van der Waals surface area contributed by atoms with Crippen molar-refractivity contribution in [3.63, 3.8) is 0 Å². The van der Waals surface area contributed by atoms with E-state index in [-0.39, 0.29) is 5.91 Å². The molecule has 132 valence electrons. The summed E-state index contributed by atoms with van der Waals surface area (Å²) in [6.07, 6.45) is 2.55. The van der Waals surface area contributed by atoms with Crippen molar-refractivity contribution in [1.82, 2.24) is 19.8 Å². The molecule has 0 unspecified atom stereocenters. The number of aryl methyl sites for hydroxylation is 2. The van der Waals surface area contributed by atoms with Crippen molar-refractivity contribution >= 4 is 33.6 Å².